The van der Waals surface area contributed by atoms with Crippen LogP contribution in [-0.4, -0.2) is 6.54 Å². The fourth-order valence-corrected chi connectivity index (χ4v) is 1.17. The van der Waals surface area contributed by atoms with Gasteiger partial charge >= 0.3 is 0 Å². The summed E-state index contributed by atoms with van der Waals surface area (Å²) in [5, 5.41) is 3.30. The topological polar surface area (TPSA) is 12.0 Å². The van der Waals surface area contributed by atoms with E-state index in [1.807, 2.05) is 0 Å². The predicted octanol–water partition coefficient (Wildman–Crippen LogP) is 1.83. The first kappa shape index (κ1) is 6.40. The van der Waals surface area contributed by atoms with Crippen molar-refractivity contribution in [2.24, 2.45) is 0 Å². The van der Waals surface area contributed by atoms with Crippen LogP contribution in [0.2, 0.25) is 0 Å². The first-order valence-corrected chi connectivity index (χ1v) is 3.44. The molecule has 0 spiro atoms. The van der Waals surface area contributed by atoms with Gasteiger partial charge in [-0.2, -0.15) is 0 Å². The second kappa shape index (κ2) is 2.72. The number of hydrogen-bond acceptors (Lipinski definition) is 1. The lowest BCUT2D eigenvalue weighted by molar-refractivity contribution is 0.913. The molecule has 0 atom stereocenters. The normalized spacial score (nSPS) is 27.3. The van der Waals surface area contributed by atoms with Crippen LogP contribution < -0.4 is 5.32 Å². The molecule has 9 heavy (non-hydrogen) atoms. The molecule has 1 aliphatic rings. The molecule has 1 fully saturated rings. The van der Waals surface area contributed by atoms with Crippen LogP contribution in [0.15, 0.2) is 23.4 Å². The van der Waals surface area contributed by atoms with Gasteiger partial charge in [-0.15, -0.1) is 0 Å². The summed E-state index contributed by atoms with van der Waals surface area (Å²) in [4.78, 5) is 0. The third kappa shape index (κ3) is 1.15. The molecule has 0 aromatic carbocycles. The van der Waals surface area contributed by atoms with Crippen LogP contribution in [0.4, 0.5) is 0 Å². The summed E-state index contributed by atoms with van der Waals surface area (Å²) in [5.41, 5.74) is 2.77. The van der Waals surface area contributed by atoms with Crippen LogP contribution in [0.5, 0.6) is 0 Å². The Labute approximate surface area is 56.5 Å². The van der Waals surface area contributed by atoms with Gasteiger partial charge in [0.05, 0.1) is 0 Å². The highest BCUT2D eigenvalue weighted by Gasteiger charge is 2.08. The number of hydrogen-bond donors (Lipinski definition) is 1. The molecular formula is C8H13N. The largest absolute Gasteiger partial charge is 0.385 e. The first-order valence-electron chi connectivity index (χ1n) is 3.44. The van der Waals surface area contributed by atoms with Crippen LogP contribution in [-0.2, 0) is 0 Å². The molecule has 0 saturated carbocycles. The van der Waals surface area contributed by atoms with Gasteiger partial charge in [0.2, 0.25) is 0 Å². The molecule has 0 aromatic rings. The van der Waals surface area contributed by atoms with E-state index in [9.17, 15) is 0 Å². The average Bonchev–Trinajstić information content (AvgIpc) is 2.33. The van der Waals surface area contributed by atoms with E-state index in [1.165, 1.54) is 17.7 Å². The first-order chi connectivity index (χ1) is 4.38. The van der Waals surface area contributed by atoms with Gasteiger partial charge in [-0.25, -0.2) is 0 Å². The van der Waals surface area contributed by atoms with E-state index >= 15 is 0 Å². The van der Waals surface area contributed by atoms with E-state index in [2.05, 4.69) is 31.3 Å². The van der Waals surface area contributed by atoms with Crippen molar-refractivity contribution >= 4 is 0 Å². The summed E-state index contributed by atoms with van der Waals surface area (Å²) in [5.74, 6) is 0. The summed E-state index contributed by atoms with van der Waals surface area (Å²) in [6.45, 7) is 5.27. The Balaban J connectivity index is 2.75. The van der Waals surface area contributed by atoms with E-state index in [4.69, 9.17) is 0 Å². The zero-order valence-corrected chi connectivity index (χ0v) is 6.07. The Morgan fingerprint density at radius 1 is 1.33 bits per heavy atom. The number of rotatable bonds is 0. The van der Waals surface area contributed by atoms with Gasteiger partial charge in [-0.3, -0.25) is 0 Å². The summed E-state index contributed by atoms with van der Waals surface area (Å²) in [7, 11) is 0. The molecule has 1 N–H and O–H groups in total. The maximum absolute atomic E-state index is 3.30. The highest BCUT2D eigenvalue weighted by atomic mass is 14.9. The van der Waals surface area contributed by atoms with Crippen molar-refractivity contribution in [2.45, 2.75) is 20.3 Å². The Morgan fingerprint density at radius 2 is 2.11 bits per heavy atom. The van der Waals surface area contributed by atoms with E-state index < -0.39 is 0 Å². The molecule has 50 valence electrons. The van der Waals surface area contributed by atoms with Gasteiger partial charge in [0, 0.05) is 12.2 Å². The van der Waals surface area contributed by atoms with Crippen LogP contribution >= 0.6 is 0 Å². The Kier molecular flexibility index (Phi) is 1.93. The number of nitrogens with one attached hydrogen (secondary N) is 1. The Bertz CT molecular complexity index is 136. The summed E-state index contributed by atoms with van der Waals surface area (Å²) >= 11 is 0. The van der Waals surface area contributed by atoms with Gasteiger partial charge in [0.25, 0.3) is 0 Å². The molecule has 1 rings (SSSR count). The molecule has 0 aromatic heterocycles. The van der Waals surface area contributed by atoms with Crippen molar-refractivity contribution < 1.29 is 0 Å². The zero-order valence-electron chi connectivity index (χ0n) is 6.07. The Hall–Kier alpha value is -0.720. The van der Waals surface area contributed by atoms with Gasteiger partial charge < -0.3 is 5.32 Å². The van der Waals surface area contributed by atoms with E-state index in [0.29, 0.717) is 0 Å². The van der Waals surface area contributed by atoms with E-state index in [1.54, 1.807) is 0 Å². The zero-order chi connectivity index (χ0) is 6.69. The van der Waals surface area contributed by atoms with E-state index in [-0.39, 0.29) is 0 Å². The molecule has 0 radical (unpaired) electrons. The molecule has 0 amide bonds. The van der Waals surface area contributed by atoms with Crippen LogP contribution in [0.25, 0.3) is 0 Å². The molecule has 1 saturated heterocycles. The van der Waals surface area contributed by atoms with Crippen molar-refractivity contribution in [2.75, 3.05) is 6.54 Å². The fourth-order valence-electron chi connectivity index (χ4n) is 1.17. The average molecular weight is 123 g/mol. The minimum atomic E-state index is 1.11. The lowest BCUT2D eigenvalue weighted by atomic mass is 10.2. The quantitative estimate of drug-likeness (QED) is 0.518. The van der Waals surface area contributed by atoms with Gasteiger partial charge in [-0.1, -0.05) is 12.2 Å². The smallest absolute Gasteiger partial charge is 0.0326 e. The maximum Gasteiger partial charge on any atom is 0.0326 e. The third-order valence-corrected chi connectivity index (χ3v) is 1.69. The molecule has 0 aliphatic carbocycles. The second-order valence-electron chi connectivity index (χ2n) is 2.19. The highest BCUT2D eigenvalue weighted by Crippen LogP contribution is 2.16. The molecule has 1 aliphatic heterocycles. The SMILES string of the molecule is C/C=C1/CCN/C1=C/C. The van der Waals surface area contributed by atoms with Crippen molar-refractivity contribution in [3.63, 3.8) is 0 Å². The van der Waals surface area contributed by atoms with Crippen molar-refractivity contribution in [1.82, 2.24) is 5.32 Å². The summed E-state index contributed by atoms with van der Waals surface area (Å²) in [6.07, 6.45) is 5.49. The highest BCUT2D eigenvalue weighted by molar-refractivity contribution is 5.32. The van der Waals surface area contributed by atoms with Gasteiger partial charge in [0.15, 0.2) is 0 Å². The standard InChI is InChI=1S/C8H13N/c1-3-7-5-6-9-8(7)4-2/h3-4,9H,5-6H2,1-2H3/b7-3-,8-4+. The lowest BCUT2D eigenvalue weighted by Gasteiger charge is -1.96. The molecule has 1 heterocycles. The molecule has 1 heteroatoms. The molecular weight excluding hydrogens is 110 g/mol. The summed E-state index contributed by atoms with van der Waals surface area (Å²) < 4.78 is 0. The van der Waals surface area contributed by atoms with Gasteiger partial charge in [-0.05, 0) is 25.8 Å². The molecule has 1 nitrogen and oxygen atoms in total. The predicted molar refractivity (Wildman–Crippen MR) is 40.1 cm³/mol. The molecule has 0 unspecified atom stereocenters. The van der Waals surface area contributed by atoms with Crippen molar-refractivity contribution in [3.05, 3.63) is 23.4 Å². The van der Waals surface area contributed by atoms with Crippen LogP contribution in [0.3, 0.4) is 0 Å². The van der Waals surface area contributed by atoms with E-state index in [0.717, 1.165) is 6.54 Å². The minimum absolute atomic E-state index is 1.11. The second-order valence-corrected chi connectivity index (χ2v) is 2.19. The van der Waals surface area contributed by atoms with Crippen molar-refractivity contribution in [1.29, 1.82) is 0 Å². The minimum Gasteiger partial charge on any atom is -0.385 e. The maximum atomic E-state index is 3.30. The van der Waals surface area contributed by atoms with Crippen LogP contribution in [0.1, 0.15) is 20.3 Å². The monoisotopic (exact) mass is 123 g/mol. The fraction of sp³-hybridized carbons (Fsp3) is 0.500. The third-order valence-electron chi connectivity index (χ3n) is 1.69. The number of allylic oxidation sites excluding steroid dienone is 3. The van der Waals surface area contributed by atoms with Crippen molar-refractivity contribution in [3.8, 4) is 0 Å². The summed E-state index contributed by atoms with van der Waals surface area (Å²) in [6, 6.07) is 0. The van der Waals surface area contributed by atoms with Crippen LogP contribution in [0, 0.1) is 0 Å². The lowest BCUT2D eigenvalue weighted by Crippen LogP contribution is -2.02. The molecule has 0 bridgehead atoms. The Morgan fingerprint density at radius 3 is 2.56 bits per heavy atom. The van der Waals surface area contributed by atoms with Gasteiger partial charge in [0.1, 0.15) is 0 Å².